The van der Waals surface area contributed by atoms with Crippen LogP contribution >= 0.6 is 0 Å². The van der Waals surface area contributed by atoms with Crippen molar-refractivity contribution in [1.82, 2.24) is 9.13 Å². The van der Waals surface area contributed by atoms with E-state index in [4.69, 9.17) is 0 Å². The van der Waals surface area contributed by atoms with Crippen LogP contribution in [0.2, 0.25) is 0 Å². The number of nitrogens with zero attached hydrogens (tertiary/aromatic N) is 2. The maximum atomic E-state index is 2.47. The van der Waals surface area contributed by atoms with Crippen LogP contribution in [0.3, 0.4) is 0 Å². The van der Waals surface area contributed by atoms with E-state index in [1.54, 1.807) is 0 Å². The van der Waals surface area contributed by atoms with Gasteiger partial charge < -0.3 is 9.13 Å². The lowest BCUT2D eigenvalue weighted by Gasteiger charge is -2.12. The first-order valence-corrected chi connectivity index (χ1v) is 17.2. The maximum absolute atomic E-state index is 2.47. The number of hydrogen-bond acceptors (Lipinski definition) is 0. The molecule has 0 radical (unpaired) electrons. The van der Waals surface area contributed by atoms with E-state index in [1.165, 1.54) is 77.0 Å². The molecule has 2 nitrogen and oxygen atoms in total. The Kier molecular flexibility index (Phi) is 6.53. The first-order valence-electron chi connectivity index (χ1n) is 17.2. The van der Waals surface area contributed by atoms with E-state index in [1.807, 2.05) is 0 Å². The Morgan fingerprint density at radius 1 is 0.260 bits per heavy atom. The van der Waals surface area contributed by atoms with Gasteiger partial charge in [-0.15, -0.1) is 0 Å². The molecule has 10 rings (SSSR count). The summed E-state index contributed by atoms with van der Waals surface area (Å²) in [5.41, 5.74) is 14.4. The number of fused-ring (bicyclic) bond motifs is 7. The molecule has 0 unspecified atom stereocenters. The van der Waals surface area contributed by atoms with Gasteiger partial charge in [0.1, 0.15) is 0 Å². The van der Waals surface area contributed by atoms with Crippen LogP contribution < -0.4 is 0 Å². The fourth-order valence-electron chi connectivity index (χ4n) is 7.84. The summed E-state index contributed by atoms with van der Waals surface area (Å²) >= 11 is 0. The molecular formula is C48H32N2. The van der Waals surface area contributed by atoms with Crippen LogP contribution in [0.5, 0.6) is 0 Å². The molecule has 0 fully saturated rings. The molecule has 0 bridgehead atoms. The predicted molar refractivity (Wildman–Crippen MR) is 211 cm³/mol. The lowest BCUT2D eigenvalue weighted by Crippen LogP contribution is -1.96. The topological polar surface area (TPSA) is 9.86 Å². The molecule has 0 aliphatic heterocycles. The summed E-state index contributed by atoms with van der Waals surface area (Å²) < 4.78 is 4.92. The SMILES string of the molecule is c1ccc(-c2cccc(-c3cccc(-n4c5ccccc5c5c4ccc4c6ccccc6n(-c6cccc(-c7ccccc7)c6)c45)c3)c2)cc1. The van der Waals surface area contributed by atoms with Crippen molar-refractivity contribution in [2.45, 2.75) is 0 Å². The minimum Gasteiger partial charge on any atom is -0.309 e. The third-order valence-electron chi connectivity index (χ3n) is 10.1. The summed E-state index contributed by atoms with van der Waals surface area (Å²) in [6.45, 7) is 0. The fourth-order valence-corrected chi connectivity index (χ4v) is 7.84. The van der Waals surface area contributed by atoms with Gasteiger partial charge in [-0.2, -0.15) is 0 Å². The summed E-state index contributed by atoms with van der Waals surface area (Å²) in [6, 6.07) is 70.4. The zero-order chi connectivity index (χ0) is 33.0. The van der Waals surface area contributed by atoms with E-state index in [9.17, 15) is 0 Å². The fraction of sp³-hybridized carbons (Fsp3) is 0. The molecule has 0 N–H and O–H groups in total. The molecule has 0 saturated carbocycles. The van der Waals surface area contributed by atoms with Crippen molar-refractivity contribution in [3.63, 3.8) is 0 Å². The molecule has 10 aromatic rings. The number of hydrogen-bond donors (Lipinski definition) is 0. The Morgan fingerprint density at radius 3 is 1.38 bits per heavy atom. The average molecular weight is 637 g/mol. The van der Waals surface area contributed by atoms with Crippen LogP contribution in [0, 0.1) is 0 Å². The van der Waals surface area contributed by atoms with Gasteiger partial charge >= 0.3 is 0 Å². The highest BCUT2D eigenvalue weighted by molar-refractivity contribution is 6.26. The van der Waals surface area contributed by atoms with Gasteiger partial charge in [-0.3, -0.25) is 0 Å². The second-order valence-electron chi connectivity index (χ2n) is 13.0. The van der Waals surface area contributed by atoms with Crippen molar-refractivity contribution in [1.29, 1.82) is 0 Å². The van der Waals surface area contributed by atoms with Crippen LogP contribution in [0.1, 0.15) is 0 Å². The predicted octanol–water partition coefficient (Wildman–Crippen LogP) is 12.9. The number of rotatable bonds is 5. The molecule has 0 atom stereocenters. The van der Waals surface area contributed by atoms with Gasteiger partial charge in [-0.05, 0) is 81.9 Å². The average Bonchev–Trinajstić information content (AvgIpc) is 3.72. The lowest BCUT2D eigenvalue weighted by molar-refractivity contribution is 1.17. The molecule has 0 saturated heterocycles. The Hall–Kier alpha value is -6.64. The Bertz CT molecular complexity index is 2860. The highest BCUT2D eigenvalue weighted by Crippen LogP contribution is 2.42. The number of para-hydroxylation sites is 2. The summed E-state index contributed by atoms with van der Waals surface area (Å²) in [7, 11) is 0. The number of benzene rings is 8. The van der Waals surface area contributed by atoms with Crippen LogP contribution in [0.15, 0.2) is 194 Å². The zero-order valence-corrected chi connectivity index (χ0v) is 27.4. The lowest BCUT2D eigenvalue weighted by atomic mass is 9.99. The molecule has 50 heavy (non-hydrogen) atoms. The van der Waals surface area contributed by atoms with E-state index in [2.05, 4.69) is 203 Å². The Labute approximate surface area is 290 Å². The molecule has 0 aliphatic carbocycles. The van der Waals surface area contributed by atoms with Crippen LogP contribution in [0.4, 0.5) is 0 Å². The third-order valence-corrected chi connectivity index (χ3v) is 10.1. The van der Waals surface area contributed by atoms with Gasteiger partial charge in [-0.25, -0.2) is 0 Å². The van der Waals surface area contributed by atoms with E-state index < -0.39 is 0 Å². The Morgan fingerprint density at radius 2 is 0.720 bits per heavy atom. The molecule has 2 heteroatoms. The second kappa shape index (κ2) is 11.5. The summed E-state index contributed by atoms with van der Waals surface area (Å²) in [5, 5.41) is 5.02. The highest BCUT2D eigenvalue weighted by atomic mass is 15.0. The quantitative estimate of drug-likeness (QED) is 0.178. The molecule has 2 aromatic heterocycles. The van der Waals surface area contributed by atoms with Crippen LogP contribution in [-0.4, -0.2) is 9.13 Å². The van der Waals surface area contributed by atoms with Crippen molar-refractivity contribution in [2.24, 2.45) is 0 Å². The monoisotopic (exact) mass is 636 g/mol. The molecule has 0 aliphatic rings. The molecule has 2 heterocycles. The largest absolute Gasteiger partial charge is 0.309 e. The number of aromatic nitrogens is 2. The van der Waals surface area contributed by atoms with E-state index in [0.717, 1.165) is 11.4 Å². The van der Waals surface area contributed by atoms with Crippen molar-refractivity contribution >= 4 is 43.6 Å². The Balaban J connectivity index is 1.23. The maximum Gasteiger partial charge on any atom is 0.0641 e. The van der Waals surface area contributed by atoms with Crippen LogP contribution in [-0.2, 0) is 0 Å². The van der Waals surface area contributed by atoms with Gasteiger partial charge in [0.15, 0.2) is 0 Å². The molecule has 234 valence electrons. The molecule has 0 spiro atoms. The molecular weight excluding hydrogens is 605 g/mol. The van der Waals surface area contributed by atoms with Crippen LogP contribution in [0.25, 0.3) is 88.4 Å². The second-order valence-corrected chi connectivity index (χ2v) is 13.0. The zero-order valence-electron chi connectivity index (χ0n) is 27.4. The van der Waals surface area contributed by atoms with Gasteiger partial charge in [0, 0.05) is 32.9 Å². The van der Waals surface area contributed by atoms with Gasteiger partial charge in [0.25, 0.3) is 0 Å². The summed E-state index contributed by atoms with van der Waals surface area (Å²) in [6.07, 6.45) is 0. The highest BCUT2D eigenvalue weighted by Gasteiger charge is 2.21. The third kappa shape index (κ3) is 4.50. The minimum absolute atomic E-state index is 1.15. The van der Waals surface area contributed by atoms with Gasteiger partial charge in [-0.1, -0.05) is 146 Å². The summed E-state index contributed by atoms with van der Waals surface area (Å²) in [5.74, 6) is 0. The standard InChI is InChI=1S/C48H32N2/c1-3-14-33(15-4-1)35-18-11-19-36(30-35)38-21-13-22-39(32-38)49-45-27-10-8-25-43(45)47-46(49)29-28-42-41-24-7-9-26-44(41)50(48(42)47)40-23-12-20-37(31-40)34-16-5-2-6-17-34/h1-32H. The van der Waals surface area contributed by atoms with Crippen molar-refractivity contribution in [2.75, 3.05) is 0 Å². The summed E-state index contributed by atoms with van der Waals surface area (Å²) in [4.78, 5) is 0. The molecule has 0 amide bonds. The first kappa shape index (κ1) is 28.4. The molecule has 8 aromatic carbocycles. The van der Waals surface area contributed by atoms with Crippen molar-refractivity contribution in [3.05, 3.63) is 194 Å². The van der Waals surface area contributed by atoms with Gasteiger partial charge in [0.05, 0.1) is 22.1 Å². The van der Waals surface area contributed by atoms with Gasteiger partial charge in [0.2, 0.25) is 0 Å². The first-order chi connectivity index (χ1) is 24.8. The van der Waals surface area contributed by atoms with Crippen molar-refractivity contribution < 1.29 is 0 Å². The smallest absolute Gasteiger partial charge is 0.0641 e. The van der Waals surface area contributed by atoms with E-state index in [-0.39, 0.29) is 0 Å². The van der Waals surface area contributed by atoms with E-state index >= 15 is 0 Å². The van der Waals surface area contributed by atoms with E-state index in [0.29, 0.717) is 0 Å². The van der Waals surface area contributed by atoms with Crippen molar-refractivity contribution in [3.8, 4) is 44.8 Å². The normalized spacial score (nSPS) is 11.6. The minimum atomic E-state index is 1.15.